The van der Waals surface area contributed by atoms with Crippen LogP contribution in [0, 0.1) is 0 Å². The predicted octanol–water partition coefficient (Wildman–Crippen LogP) is 2.63. The van der Waals surface area contributed by atoms with Crippen molar-refractivity contribution in [1.82, 2.24) is 0 Å². The Morgan fingerprint density at radius 2 is 2.36 bits per heavy atom. The number of carbonyl (C=O) groups excluding carboxylic acids is 1. The first-order valence-corrected chi connectivity index (χ1v) is 4.06. The third kappa shape index (κ3) is 2.34. The highest BCUT2D eigenvalue weighted by Crippen LogP contribution is 2.17. The number of ketones is 1. The van der Waals surface area contributed by atoms with Gasteiger partial charge in [0.1, 0.15) is 0 Å². The predicted molar refractivity (Wildman–Crippen MR) is 46.4 cm³/mol. The van der Waals surface area contributed by atoms with E-state index in [0.29, 0.717) is 5.78 Å². The molecule has 0 unspecified atom stereocenters. The van der Waals surface area contributed by atoms with E-state index in [0.717, 1.165) is 24.8 Å². The molecule has 1 aliphatic rings. The maximum atomic E-state index is 11.1. The summed E-state index contributed by atoms with van der Waals surface area (Å²) in [7, 11) is 0. The Morgan fingerprint density at radius 3 is 2.82 bits per heavy atom. The zero-order chi connectivity index (χ0) is 8.27. The van der Waals surface area contributed by atoms with Crippen LogP contribution in [0.1, 0.15) is 33.1 Å². The molecule has 1 heteroatoms. The molecule has 0 aromatic rings. The molecule has 0 fully saturated rings. The first kappa shape index (κ1) is 8.25. The summed E-state index contributed by atoms with van der Waals surface area (Å²) in [5, 5.41) is 0. The summed E-state index contributed by atoms with van der Waals surface area (Å²) in [4.78, 5) is 11.1. The van der Waals surface area contributed by atoms with Crippen LogP contribution in [-0.2, 0) is 4.79 Å². The molecule has 0 radical (unpaired) electrons. The molecule has 0 aliphatic heterocycles. The summed E-state index contributed by atoms with van der Waals surface area (Å²) in [6, 6.07) is 0. The molecule has 1 nitrogen and oxygen atoms in total. The Kier molecular flexibility index (Phi) is 2.64. The topological polar surface area (TPSA) is 17.1 Å². The molecule has 0 atom stereocenters. The average molecular weight is 150 g/mol. The molecule has 0 saturated heterocycles. The standard InChI is InChI=1S/C10H14O/c1-8(2)6-7-9-4-3-5-10(9)11/h4,6H,3,5,7H2,1-2H3. The van der Waals surface area contributed by atoms with Crippen LogP contribution in [0.2, 0.25) is 0 Å². The van der Waals surface area contributed by atoms with Gasteiger partial charge in [-0.1, -0.05) is 17.7 Å². The first-order valence-electron chi connectivity index (χ1n) is 4.06. The van der Waals surface area contributed by atoms with Crippen molar-refractivity contribution in [1.29, 1.82) is 0 Å². The van der Waals surface area contributed by atoms with Gasteiger partial charge in [0.25, 0.3) is 0 Å². The molecule has 0 bridgehead atoms. The maximum absolute atomic E-state index is 11.1. The Morgan fingerprint density at radius 1 is 1.64 bits per heavy atom. The molecule has 1 rings (SSSR count). The van der Waals surface area contributed by atoms with Crippen LogP contribution >= 0.6 is 0 Å². The largest absolute Gasteiger partial charge is 0.295 e. The van der Waals surface area contributed by atoms with Gasteiger partial charge in [0, 0.05) is 6.42 Å². The minimum atomic E-state index is 0.336. The third-order valence-corrected chi connectivity index (χ3v) is 1.85. The summed E-state index contributed by atoms with van der Waals surface area (Å²) in [6.45, 7) is 4.11. The van der Waals surface area contributed by atoms with Crippen LogP contribution in [0.3, 0.4) is 0 Å². The van der Waals surface area contributed by atoms with Crippen LogP contribution < -0.4 is 0 Å². The van der Waals surface area contributed by atoms with Crippen molar-refractivity contribution in [2.75, 3.05) is 0 Å². The van der Waals surface area contributed by atoms with Crippen LogP contribution in [0.5, 0.6) is 0 Å². The van der Waals surface area contributed by atoms with Gasteiger partial charge >= 0.3 is 0 Å². The lowest BCUT2D eigenvalue weighted by Gasteiger charge is -1.94. The molecule has 11 heavy (non-hydrogen) atoms. The Labute approximate surface area is 67.8 Å². The minimum absolute atomic E-state index is 0.336. The summed E-state index contributed by atoms with van der Waals surface area (Å²) in [5.41, 5.74) is 2.29. The van der Waals surface area contributed by atoms with Gasteiger partial charge in [-0.05, 0) is 32.3 Å². The van der Waals surface area contributed by atoms with Crippen molar-refractivity contribution in [2.24, 2.45) is 0 Å². The van der Waals surface area contributed by atoms with Gasteiger partial charge in [-0.2, -0.15) is 0 Å². The summed E-state index contributed by atoms with van der Waals surface area (Å²) in [6.07, 6.45) is 6.68. The molecular weight excluding hydrogens is 136 g/mol. The number of hydrogen-bond acceptors (Lipinski definition) is 1. The van der Waals surface area contributed by atoms with E-state index >= 15 is 0 Å². The van der Waals surface area contributed by atoms with Gasteiger partial charge in [-0.25, -0.2) is 0 Å². The average Bonchev–Trinajstić information content (AvgIpc) is 2.31. The molecule has 1 aliphatic carbocycles. The van der Waals surface area contributed by atoms with E-state index < -0.39 is 0 Å². The molecule has 60 valence electrons. The number of carbonyl (C=O) groups is 1. The second-order valence-electron chi connectivity index (χ2n) is 3.18. The zero-order valence-corrected chi connectivity index (χ0v) is 7.18. The smallest absolute Gasteiger partial charge is 0.159 e. The molecule has 0 spiro atoms. The van der Waals surface area contributed by atoms with Crippen molar-refractivity contribution in [3.8, 4) is 0 Å². The Hall–Kier alpha value is -0.850. The van der Waals surface area contributed by atoms with Crippen LogP contribution in [0.15, 0.2) is 23.3 Å². The lowest BCUT2D eigenvalue weighted by Crippen LogP contribution is -1.93. The molecule has 0 heterocycles. The summed E-state index contributed by atoms with van der Waals surface area (Å²) >= 11 is 0. The lowest BCUT2D eigenvalue weighted by atomic mass is 10.1. The van der Waals surface area contributed by atoms with Gasteiger partial charge < -0.3 is 0 Å². The highest BCUT2D eigenvalue weighted by Gasteiger charge is 2.12. The van der Waals surface area contributed by atoms with Gasteiger partial charge in [-0.15, -0.1) is 0 Å². The van der Waals surface area contributed by atoms with Gasteiger partial charge in [0.05, 0.1) is 0 Å². The normalized spacial score (nSPS) is 16.5. The maximum Gasteiger partial charge on any atom is 0.159 e. The van der Waals surface area contributed by atoms with Gasteiger partial charge in [0.2, 0.25) is 0 Å². The quantitative estimate of drug-likeness (QED) is 0.553. The SMILES string of the molecule is CC(C)=CCC1=CCCC1=O. The van der Waals surface area contributed by atoms with E-state index in [1.54, 1.807) is 0 Å². The van der Waals surface area contributed by atoms with E-state index in [4.69, 9.17) is 0 Å². The lowest BCUT2D eigenvalue weighted by molar-refractivity contribution is -0.114. The molecule has 0 aromatic heterocycles. The minimum Gasteiger partial charge on any atom is -0.295 e. The van der Waals surface area contributed by atoms with E-state index in [-0.39, 0.29) is 0 Å². The molecular formula is C10H14O. The highest BCUT2D eigenvalue weighted by molar-refractivity contribution is 5.97. The van der Waals surface area contributed by atoms with Crippen molar-refractivity contribution < 1.29 is 4.79 Å². The third-order valence-electron chi connectivity index (χ3n) is 1.85. The Balaban J connectivity index is 2.50. The molecule has 0 N–H and O–H groups in total. The number of hydrogen-bond donors (Lipinski definition) is 0. The van der Waals surface area contributed by atoms with Crippen LogP contribution in [0.25, 0.3) is 0 Å². The monoisotopic (exact) mass is 150 g/mol. The fraction of sp³-hybridized carbons (Fsp3) is 0.500. The fourth-order valence-electron chi connectivity index (χ4n) is 1.16. The number of rotatable bonds is 2. The zero-order valence-electron chi connectivity index (χ0n) is 7.18. The van der Waals surface area contributed by atoms with Gasteiger partial charge in [0.15, 0.2) is 5.78 Å². The van der Waals surface area contributed by atoms with Crippen molar-refractivity contribution in [3.63, 3.8) is 0 Å². The van der Waals surface area contributed by atoms with E-state index in [1.807, 2.05) is 0 Å². The van der Waals surface area contributed by atoms with Crippen molar-refractivity contribution in [3.05, 3.63) is 23.3 Å². The van der Waals surface area contributed by atoms with E-state index in [9.17, 15) is 4.79 Å². The first-order chi connectivity index (χ1) is 5.20. The van der Waals surface area contributed by atoms with Crippen LogP contribution in [0.4, 0.5) is 0 Å². The summed E-state index contributed by atoms with van der Waals surface area (Å²) in [5.74, 6) is 0.336. The number of Topliss-reactive ketones (excluding diaryl/α,β-unsaturated/α-hetero) is 1. The van der Waals surface area contributed by atoms with Crippen molar-refractivity contribution >= 4 is 5.78 Å². The molecule has 0 amide bonds. The number of allylic oxidation sites excluding steroid dienone is 4. The Bertz CT molecular complexity index is 217. The van der Waals surface area contributed by atoms with Gasteiger partial charge in [-0.3, -0.25) is 4.79 Å². The fourth-order valence-corrected chi connectivity index (χ4v) is 1.16. The summed E-state index contributed by atoms with van der Waals surface area (Å²) < 4.78 is 0. The van der Waals surface area contributed by atoms with E-state index in [2.05, 4.69) is 26.0 Å². The highest BCUT2D eigenvalue weighted by atomic mass is 16.1. The second-order valence-corrected chi connectivity index (χ2v) is 3.18. The van der Waals surface area contributed by atoms with E-state index in [1.165, 1.54) is 5.57 Å². The molecule has 0 aromatic carbocycles. The second kappa shape index (κ2) is 3.51. The van der Waals surface area contributed by atoms with Crippen LogP contribution in [-0.4, -0.2) is 5.78 Å². The van der Waals surface area contributed by atoms with Crippen molar-refractivity contribution in [2.45, 2.75) is 33.1 Å². The molecule has 0 saturated carbocycles.